The third kappa shape index (κ3) is 4.31. The minimum Gasteiger partial charge on any atom is -0.493 e. The molecule has 1 saturated heterocycles. The van der Waals surface area contributed by atoms with E-state index in [1.807, 2.05) is 12.1 Å². The van der Waals surface area contributed by atoms with Crippen molar-refractivity contribution in [3.05, 3.63) is 57.8 Å². The first-order valence-electron chi connectivity index (χ1n) is 7.83. The number of carboxylic acid groups (broad SMARTS) is 1. The zero-order valence-electron chi connectivity index (χ0n) is 13.9. The van der Waals surface area contributed by atoms with Gasteiger partial charge in [-0.3, -0.25) is 10.1 Å². The van der Waals surface area contributed by atoms with Crippen molar-refractivity contribution in [2.24, 2.45) is 0 Å². The summed E-state index contributed by atoms with van der Waals surface area (Å²) in [4.78, 5) is 11.1. The second-order valence-corrected chi connectivity index (χ2v) is 7.71. The fourth-order valence-electron chi connectivity index (χ4n) is 2.57. The van der Waals surface area contributed by atoms with Gasteiger partial charge in [-0.05, 0) is 51.3 Å². The molecule has 0 bridgehead atoms. The number of halogens is 2. The van der Waals surface area contributed by atoms with E-state index in [1.165, 1.54) is 23.9 Å². The molecule has 1 heterocycles. The fraction of sp³-hybridized carbons (Fsp3) is 0.278. The summed E-state index contributed by atoms with van der Waals surface area (Å²) in [6.07, 6.45) is 0. The van der Waals surface area contributed by atoms with Gasteiger partial charge in [0, 0.05) is 5.75 Å². The largest absolute Gasteiger partial charge is 0.493 e. The number of thioether (sulfide) groups is 1. The molecule has 2 N–H and O–H groups in total. The van der Waals surface area contributed by atoms with Gasteiger partial charge in [-0.1, -0.05) is 12.1 Å². The van der Waals surface area contributed by atoms with Gasteiger partial charge in [0.25, 0.3) is 0 Å². The van der Waals surface area contributed by atoms with Crippen LogP contribution in [0.3, 0.4) is 0 Å². The minimum atomic E-state index is -0.856. The average molecular weight is 442 g/mol. The summed E-state index contributed by atoms with van der Waals surface area (Å²) in [6, 6.07) is 9.25. The smallest absolute Gasteiger partial charge is 0.321 e. The Bertz CT molecular complexity index is 803. The molecule has 2 aromatic carbocycles. The molecule has 0 aromatic heterocycles. The lowest BCUT2D eigenvalue weighted by atomic mass is 10.2. The molecule has 0 radical (unpaired) electrons. The Morgan fingerprint density at radius 2 is 2.12 bits per heavy atom. The topological polar surface area (TPSA) is 67.8 Å². The zero-order valence-corrected chi connectivity index (χ0v) is 16.3. The van der Waals surface area contributed by atoms with E-state index in [0.29, 0.717) is 21.7 Å². The van der Waals surface area contributed by atoms with Crippen LogP contribution in [0.2, 0.25) is 0 Å². The highest BCUT2D eigenvalue weighted by molar-refractivity contribution is 9.10. The number of methoxy groups -OCH3 is 1. The molecule has 3 rings (SSSR count). The van der Waals surface area contributed by atoms with Crippen molar-refractivity contribution in [3.63, 3.8) is 0 Å². The van der Waals surface area contributed by atoms with Crippen LogP contribution in [-0.2, 0) is 11.4 Å². The molecule has 1 aliphatic rings. The Morgan fingerprint density at radius 3 is 2.73 bits per heavy atom. The quantitative estimate of drug-likeness (QED) is 0.706. The number of ether oxygens (including phenoxy) is 2. The first-order chi connectivity index (χ1) is 12.5. The van der Waals surface area contributed by atoms with Crippen LogP contribution in [0, 0.1) is 5.82 Å². The molecule has 1 fully saturated rings. The number of hydrogen-bond acceptors (Lipinski definition) is 5. The zero-order chi connectivity index (χ0) is 18.7. The lowest BCUT2D eigenvalue weighted by molar-refractivity contribution is -0.138. The minimum absolute atomic E-state index is 0.132. The number of hydrogen-bond donors (Lipinski definition) is 2. The molecule has 2 unspecified atom stereocenters. The number of nitrogens with one attached hydrogen (secondary N) is 1. The third-order valence-electron chi connectivity index (χ3n) is 3.93. The van der Waals surface area contributed by atoms with Gasteiger partial charge < -0.3 is 14.6 Å². The molecular weight excluding hydrogens is 425 g/mol. The maximum Gasteiger partial charge on any atom is 0.321 e. The summed E-state index contributed by atoms with van der Waals surface area (Å²) in [6.45, 7) is 0.270. The van der Waals surface area contributed by atoms with Gasteiger partial charge in [0.2, 0.25) is 0 Å². The predicted octanol–water partition coefficient (Wildman–Crippen LogP) is 3.96. The Morgan fingerprint density at radius 1 is 1.38 bits per heavy atom. The van der Waals surface area contributed by atoms with E-state index in [4.69, 9.17) is 14.6 Å². The summed E-state index contributed by atoms with van der Waals surface area (Å²) < 4.78 is 25.0. The first-order valence-corrected chi connectivity index (χ1v) is 9.67. The molecule has 138 valence electrons. The van der Waals surface area contributed by atoms with Gasteiger partial charge in [-0.25, -0.2) is 4.39 Å². The summed E-state index contributed by atoms with van der Waals surface area (Å²) >= 11 is 5.03. The Balaban J connectivity index is 1.77. The molecule has 2 atom stereocenters. The summed E-state index contributed by atoms with van der Waals surface area (Å²) in [5.74, 6) is 0.433. The van der Waals surface area contributed by atoms with E-state index in [1.54, 1.807) is 19.2 Å². The van der Waals surface area contributed by atoms with Crippen LogP contribution in [0.15, 0.2) is 40.9 Å². The number of carboxylic acids is 1. The van der Waals surface area contributed by atoms with E-state index in [0.717, 1.165) is 11.1 Å². The maximum atomic E-state index is 13.0. The molecule has 0 aliphatic carbocycles. The van der Waals surface area contributed by atoms with Crippen LogP contribution in [0.25, 0.3) is 0 Å². The Hall–Kier alpha value is -1.77. The van der Waals surface area contributed by atoms with E-state index in [2.05, 4.69) is 21.2 Å². The van der Waals surface area contributed by atoms with Crippen LogP contribution in [-0.4, -0.2) is 30.0 Å². The summed E-state index contributed by atoms with van der Waals surface area (Å²) in [7, 11) is 1.55. The normalized spacial score (nSPS) is 19.3. The lowest BCUT2D eigenvalue weighted by Crippen LogP contribution is -2.33. The molecule has 5 nitrogen and oxygen atoms in total. The molecular formula is C18H17BrFNO4S. The Labute approximate surface area is 163 Å². The monoisotopic (exact) mass is 441 g/mol. The van der Waals surface area contributed by atoms with Gasteiger partial charge in [-0.15, -0.1) is 11.8 Å². The van der Waals surface area contributed by atoms with Crippen molar-refractivity contribution in [1.82, 2.24) is 5.32 Å². The molecule has 2 aromatic rings. The van der Waals surface area contributed by atoms with Crippen LogP contribution in [0.5, 0.6) is 11.5 Å². The third-order valence-corrected chi connectivity index (χ3v) is 5.79. The fourth-order valence-corrected chi connectivity index (χ4v) is 4.36. The van der Waals surface area contributed by atoms with Crippen molar-refractivity contribution in [2.75, 3.05) is 12.9 Å². The first kappa shape index (κ1) is 19.0. The number of aliphatic carboxylic acids is 1. The second kappa shape index (κ2) is 8.28. The standard InChI is InChI=1S/C18H17BrFNO4S/c1-24-15-7-11(17-21-14(9-26-17)18(22)23)6-13(19)16(15)25-8-10-2-4-12(20)5-3-10/h2-7,14,17,21H,8-9H2,1H3,(H,22,23). The van der Waals surface area contributed by atoms with Gasteiger partial charge in [0.05, 0.1) is 17.0 Å². The highest BCUT2D eigenvalue weighted by Gasteiger charge is 2.31. The predicted molar refractivity (Wildman–Crippen MR) is 101 cm³/mol. The van der Waals surface area contributed by atoms with Gasteiger partial charge in [0.15, 0.2) is 11.5 Å². The lowest BCUT2D eigenvalue weighted by Gasteiger charge is -2.17. The van der Waals surface area contributed by atoms with Crippen molar-refractivity contribution < 1.29 is 23.8 Å². The highest BCUT2D eigenvalue weighted by atomic mass is 79.9. The SMILES string of the molecule is COc1cc(C2NC(C(=O)O)CS2)cc(Br)c1OCc1ccc(F)cc1. The second-order valence-electron chi connectivity index (χ2n) is 5.72. The number of rotatable bonds is 6. The molecule has 8 heteroatoms. The molecule has 1 aliphatic heterocycles. The molecule has 0 saturated carbocycles. The van der Waals surface area contributed by atoms with Crippen molar-refractivity contribution in [1.29, 1.82) is 0 Å². The van der Waals surface area contributed by atoms with E-state index in [-0.39, 0.29) is 17.8 Å². The van der Waals surface area contributed by atoms with E-state index >= 15 is 0 Å². The van der Waals surface area contributed by atoms with Gasteiger partial charge >= 0.3 is 5.97 Å². The van der Waals surface area contributed by atoms with Gasteiger partial charge in [-0.2, -0.15) is 0 Å². The van der Waals surface area contributed by atoms with E-state index < -0.39 is 12.0 Å². The molecule has 0 spiro atoms. The number of carbonyl (C=O) groups is 1. The van der Waals surface area contributed by atoms with Crippen molar-refractivity contribution >= 4 is 33.7 Å². The van der Waals surface area contributed by atoms with Gasteiger partial charge in [0.1, 0.15) is 18.5 Å². The van der Waals surface area contributed by atoms with Crippen LogP contribution in [0.1, 0.15) is 16.5 Å². The molecule has 26 heavy (non-hydrogen) atoms. The van der Waals surface area contributed by atoms with E-state index in [9.17, 15) is 9.18 Å². The highest BCUT2D eigenvalue weighted by Crippen LogP contribution is 2.42. The summed E-state index contributed by atoms with van der Waals surface area (Å²) in [5, 5.41) is 12.1. The van der Waals surface area contributed by atoms with Crippen molar-refractivity contribution in [3.8, 4) is 11.5 Å². The van der Waals surface area contributed by atoms with Crippen LogP contribution in [0.4, 0.5) is 4.39 Å². The molecule has 0 amide bonds. The van der Waals surface area contributed by atoms with Crippen LogP contribution >= 0.6 is 27.7 Å². The summed E-state index contributed by atoms with van der Waals surface area (Å²) in [5.41, 5.74) is 1.73. The van der Waals surface area contributed by atoms with Crippen molar-refractivity contribution in [2.45, 2.75) is 18.0 Å². The van der Waals surface area contributed by atoms with Crippen LogP contribution < -0.4 is 14.8 Å². The average Bonchev–Trinajstić information content (AvgIpc) is 3.12. The number of benzene rings is 2. The maximum absolute atomic E-state index is 13.0. The Kier molecular flexibility index (Phi) is 6.05.